The van der Waals surface area contributed by atoms with Gasteiger partial charge in [-0.2, -0.15) is 0 Å². The lowest BCUT2D eigenvalue weighted by Crippen LogP contribution is -2.47. The molecule has 0 spiro atoms. The van der Waals surface area contributed by atoms with Crippen LogP contribution in [0.3, 0.4) is 0 Å². The molecule has 0 aromatic heterocycles. The van der Waals surface area contributed by atoms with Crippen LogP contribution in [0.25, 0.3) is 0 Å². The highest BCUT2D eigenvalue weighted by Gasteiger charge is 2.33. The number of hydrogen-bond donors (Lipinski definition) is 0. The molecule has 7 nitrogen and oxygen atoms in total. The minimum absolute atomic E-state index is 0.0300. The molecule has 8 heteroatoms. The summed E-state index contributed by atoms with van der Waals surface area (Å²) in [4.78, 5) is 28.7. The third kappa shape index (κ3) is 4.42. The highest BCUT2D eigenvalue weighted by atomic mass is 32.2. The summed E-state index contributed by atoms with van der Waals surface area (Å²) in [6, 6.07) is -0.158. The van der Waals surface area contributed by atoms with Gasteiger partial charge in [-0.25, -0.2) is 8.42 Å². The van der Waals surface area contributed by atoms with Gasteiger partial charge >= 0.3 is 0 Å². The van der Waals surface area contributed by atoms with Crippen molar-refractivity contribution in [2.24, 2.45) is 0 Å². The second-order valence-electron chi connectivity index (χ2n) is 5.97. The lowest BCUT2D eigenvalue weighted by Gasteiger charge is -2.33. The Balaban J connectivity index is 1.79. The van der Waals surface area contributed by atoms with Crippen LogP contribution in [0, 0.1) is 0 Å². The Bertz CT molecular complexity index is 500. The second-order valence-corrected chi connectivity index (χ2v) is 8.20. The molecule has 0 saturated carbocycles. The van der Waals surface area contributed by atoms with E-state index in [1.807, 2.05) is 6.92 Å². The lowest BCUT2D eigenvalue weighted by atomic mass is 10.2. The number of amides is 2. The highest BCUT2D eigenvalue weighted by Crippen LogP contribution is 2.18. The molecule has 2 rings (SSSR count). The standard InChI is InChI=1S/C14H25N3O4S/c1-2-17(13-4-10-22(20,21)11-13)14(19)3-5-15-6-8-16(12-18)9-7-15/h12-13H,2-11H2,1H3. The SMILES string of the molecule is CCN(C(=O)CCN1CCN(C=O)CC1)C1CCS(=O)(=O)C1. The predicted octanol–water partition coefficient (Wildman–Crippen LogP) is -0.814. The fourth-order valence-electron chi connectivity index (χ4n) is 3.15. The number of carbonyl (C=O) groups is 2. The number of piperazine rings is 1. The number of rotatable bonds is 6. The van der Waals surface area contributed by atoms with Crippen LogP contribution in [-0.2, 0) is 19.4 Å². The van der Waals surface area contributed by atoms with Gasteiger partial charge in [-0.15, -0.1) is 0 Å². The average Bonchev–Trinajstić information content (AvgIpc) is 2.86. The third-order valence-corrected chi connectivity index (χ3v) is 6.26. The first-order valence-corrected chi connectivity index (χ1v) is 9.69. The summed E-state index contributed by atoms with van der Waals surface area (Å²) in [6.07, 6.45) is 1.83. The van der Waals surface area contributed by atoms with E-state index < -0.39 is 9.84 Å². The van der Waals surface area contributed by atoms with E-state index in [1.54, 1.807) is 9.80 Å². The second kappa shape index (κ2) is 7.41. The van der Waals surface area contributed by atoms with Crippen LogP contribution in [0.1, 0.15) is 19.8 Å². The minimum Gasteiger partial charge on any atom is -0.343 e. The number of carbonyl (C=O) groups excluding carboxylic acids is 2. The van der Waals surface area contributed by atoms with E-state index >= 15 is 0 Å². The van der Waals surface area contributed by atoms with Crippen LogP contribution >= 0.6 is 0 Å². The molecule has 22 heavy (non-hydrogen) atoms. The first kappa shape index (κ1) is 17.2. The van der Waals surface area contributed by atoms with Crippen LogP contribution in [0.5, 0.6) is 0 Å². The molecule has 2 heterocycles. The lowest BCUT2D eigenvalue weighted by molar-refractivity contribution is -0.133. The molecule has 2 amide bonds. The molecule has 0 radical (unpaired) electrons. The fraction of sp³-hybridized carbons (Fsp3) is 0.857. The van der Waals surface area contributed by atoms with Crippen LogP contribution in [-0.4, -0.2) is 92.3 Å². The maximum atomic E-state index is 12.4. The summed E-state index contributed by atoms with van der Waals surface area (Å²) in [5, 5.41) is 0. The molecular weight excluding hydrogens is 306 g/mol. The van der Waals surface area contributed by atoms with Gasteiger partial charge in [0.05, 0.1) is 11.5 Å². The highest BCUT2D eigenvalue weighted by molar-refractivity contribution is 7.91. The van der Waals surface area contributed by atoms with E-state index in [9.17, 15) is 18.0 Å². The smallest absolute Gasteiger partial charge is 0.224 e. The Labute approximate surface area is 132 Å². The molecule has 126 valence electrons. The summed E-state index contributed by atoms with van der Waals surface area (Å²) in [6.45, 7) is 6.10. The van der Waals surface area contributed by atoms with E-state index in [2.05, 4.69) is 4.90 Å². The molecule has 0 N–H and O–H groups in total. The summed E-state index contributed by atoms with van der Waals surface area (Å²) >= 11 is 0. The molecule has 0 aliphatic carbocycles. The maximum Gasteiger partial charge on any atom is 0.224 e. The van der Waals surface area contributed by atoms with E-state index in [1.165, 1.54) is 0 Å². The Morgan fingerprint density at radius 2 is 1.95 bits per heavy atom. The summed E-state index contributed by atoms with van der Waals surface area (Å²) in [5.74, 6) is 0.321. The van der Waals surface area contributed by atoms with Crippen molar-refractivity contribution < 1.29 is 18.0 Å². The molecule has 0 bridgehead atoms. The first-order chi connectivity index (χ1) is 10.4. The van der Waals surface area contributed by atoms with Crippen molar-refractivity contribution in [3.05, 3.63) is 0 Å². The fourth-order valence-corrected chi connectivity index (χ4v) is 4.88. The largest absolute Gasteiger partial charge is 0.343 e. The van der Waals surface area contributed by atoms with Gasteiger partial charge in [0.1, 0.15) is 0 Å². The Kier molecular flexibility index (Phi) is 5.80. The topological polar surface area (TPSA) is 78.0 Å². The van der Waals surface area contributed by atoms with Gasteiger partial charge in [0.15, 0.2) is 9.84 Å². The molecular formula is C14H25N3O4S. The molecule has 0 aromatic rings. The molecule has 2 fully saturated rings. The van der Waals surface area contributed by atoms with Crippen molar-refractivity contribution in [2.45, 2.75) is 25.8 Å². The quantitative estimate of drug-likeness (QED) is 0.595. The van der Waals surface area contributed by atoms with Gasteiger partial charge in [-0.05, 0) is 13.3 Å². The van der Waals surface area contributed by atoms with Gasteiger partial charge in [-0.1, -0.05) is 0 Å². The van der Waals surface area contributed by atoms with Gasteiger partial charge in [0, 0.05) is 51.7 Å². The molecule has 2 aliphatic rings. The molecule has 1 atom stereocenters. The zero-order valence-corrected chi connectivity index (χ0v) is 13.9. The third-order valence-electron chi connectivity index (χ3n) is 4.51. The Morgan fingerprint density at radius 1 is 1.27 bits per heavy atom. The molecule has 2 aliphatic heterocycles. The molecule has 0 aromatic carbocycles. The van der Waals surface area contributed by atoms with Gasteiger partial charge in [-0.3, -0.25) is 14.5 Å². The average molecular weight is 331 g/mol. The van der Waals surface area contributed by atoms with Crippen LogP contribution in [0.4, 0.5) is 0 Å². The van der Waals surface area contributed by atoms with Crippen LogP contribution < -0.4 is 0 Å². The number of nitrogens with zero attached hydrogens (tertiary/aromatic N) is 3. The Morgan fingerprint density at radius 3 is 2.45 bits per heavy atom. The van der Waals surface area contributed by atoms with Crippen molar-refractivity contribution in [3.63, 3.8) is 0 Å². The van der Waals surface area contributed by atoms with Gasteiger partial charge in [0.25, 0.3) is 0 Å². The predicted molar refractivity (Wildman–Crippen MR) is 83.1 cm³/mol. The van der Waals surface area contributed by atoms with Crippen molar-refractivity contribution in [3.8, 4) is 0 Å². The summed E-state index contributed by atoms with van der Waals surface area (Å²) in [5.41, 5.74) is 0. The first-order valence-electron chi connectivity index (χ1n) is 7.87. The van der Waals surface area contributed by atoms with Crippen molar-refractivity contribution >= 4 is 22.2 Å². The molecule has 1 unspecified atom stereocenters. The maximum absolute atomic E-state index is 12.4. The Hall–Kier alpha value is -1.15. The number of hydrogen-bond acceptors (Lipinski definition) is 5. The number of sulfone groups is 1. The molecule has 2 saturated heterocycles. The van der Waals surface area contributed by atoms with Crippen LogP contribution in [0.2, 0.25) is 0 Å². The van der Waals surface area contributed by atoms with E-state index in [0.717, 1.165) is 19.5 Å². The van der Waals surface area contributed by atoms with Gasteiger partial charge < -0.3 is 9.80 Å². The monoisotopic (exact) mass is 331 g/mol. The van der Waals surface area contributed by atoms with E-state index in [4.69, 9.17) is 0 Å². The van der Waals surface area contributed by atoms with Crippen molar-refractivity contribution in [1.29, 1.82) is 0 Å². The summed E-state index contributed by atoms with van der Waals surface area (Å²) < 4.78 is 23.1. The zero-order valence-electron chi connectivity index (χ0n) is 13.1. The van der Waals surface area contributed by atoms with Gasteiger partial charge in [0.2, 0.25) is 12.3 Å². The van der Waals surface area contributed by atoms with E-state index in [-0.39, 0.29) is 23.5 Å². The minimum atomic E-state index is -2.97. The van der Waals surface area contributed by atoms with Crippen molar-refractivity contribution in [1.82, 2.24) is 14.7 Å². The normalized spacial score (nSPS) is 25.1. The summed E-state index contributed by atoms with van der Waals surface area (Å²) in [7, 11) is -2.97. The van der Waals surface area contributed by atoms with Crippen LogP contribution in [0.15, 0.2) is 0 Å². The zero-order chi connectivity index (χ0) is 16.2. The van der Waals surface area contributed by atoms with E-state index in [0.29, 0.717) is 39.0 Å². The van der Waals surface area contributed by atoms with Crippen molar-refractivity contribution in [2.75, 3.05) is 50.8 Å².